The number of hydrogen-bond acceptors (Lipinski definition) is 5. The number of Topliss-reactive ketones (excluding diaryl/α,β-unsaturated/α-hetero) is 2. The van der Waals surface area contributed by atoms with Gasteiger partial charge >= 0.3 is 0 Å². The Kier molecular flexibility index (Phi) is 3.46. The van der Waals surface area contributed by atoms with Crippen molar-refractivity contribution in [2.45, 2.75) is 13.8 Å². The number of carbonyl (C=O) groups excluding carboxylic acids is 2. The lowest BCUT2D eigenvalue weighted by Gasteiger charge is -2.01. The third-order valence-corrected chi connectivity index (χ3v) is 5.03. The van der Waals surface area contributed by atoms with Gasteiger partial charge in [0.1, 0.15) is 5.76 Å². The minimum Gasteiger partial charge on any atom is -0.436 e. The molecule has 0 radical (unpaired) electrons. The molecule has 2 aromatic heterocycles. The van der Waals surface area contributed by atoms with E-state index in [1.165, 1.54) is 6.08 Å². The van der Waals surface area contributed by atoms with Crippen LogP contribution in [0.4, 0.5) is 0 Å². The van der Waals surface area contributed by atoms with E-state index in [1.807, 2.05) is 44.2 Å². The summed E-state index contributed by atoms with van der Waals surface area (Å²) in [6, 6.07) is 14.7. The van der Waals surface area contributed by atoms with Crippen LogP contribution in [0.2, 0.25) is 0 Å². The highest BCUT2D eigenvalue weighted by Crippen LogP contribution is 2.32. The number of fused-ring (bicyclic) bond motifs is 2. The number of hydrogen-bond donors (Lipinski definition) is 0. The van der Waals surface area contributed by atoms with E-state index in [2.05, 4.69) is 4.98 Å². The lowest BCUT2D eigenvalue weighted by atomic mass is 10.0. The van der Waals surface area contributed by atoms with Gasteiger partial charge in [0.25, 0.3) is 5.71 Å². The predicted octanol–water partition coefficient (Wildman–Crippen LogP) is 5.17. The quantitative estimate of drug-likeness (QED) is 0.360. The molecule has 1 aliphatic rings. The number of rotatable bonds is 2. The number of carbonyl (C=O) groups is 2. The summed E-state index contributed by atoms with van der Waals surface area (Å²) < 4.78 is 11.4. The van der Waals surface area contributed by atoms with Crippen molar-refractivity contribution >= 4 is 28.9 Å². The van der Waals surface area contributed by atoms with Gasteiger partial charge < -0.3 is 8.83 Å². The molecule has 0 bridgehead atoms. The van der Waals surface area contributed by atoms with Gasteiger partial charge in [0.15, 0.2) is 17.1 Å². The lowest BCUT2D eigenvalue weighted by molar-refractivity contribution is 0.0990. The van der Waals surface area contributed by atoms with E-state index in [0.29, 0.717) is 34.1 Å². The Labute approximate surface area is 160 Å². The van der Waals surface area contributed by atoms with Crippen LogP contribution in [0.25, 0.3) is 28.8 Å². The molecule has 28 heavy (non-hydrogen) atoms. The van der Waals surface area contributed by atoms with Crippen LogP contribution in [0, 0.1) is 13.8 Å². The molecule has 2 aromatic carbocycles. The van der Waals surface area contributed by atoms with Crippen molar-refractivity contribution in [3.05, 3.63) is 82.1 Å². The predicted molar refractivity (Wildman–Crippen MR) is 104 cm³/mol. The van der Waals surface area contributed by atoms with Crippen LogP contribution in [0.15, 0.2) is 62.9 Å². The van der Waals surface area contributed by atoms with Crippen molar-refractivity contribution in [3.63, 3.8) is 0 Å². The van der Waals surface area contributed by atoms with Gasteiger partial charge in [-0.2, -0.15) is 4.98 Å². The molecule has 0 saturated heterocycles. The number of oxazole rings is 1. The molecule has 5 heteroatoms. The molecule has 5 nitrogen and oxygen atoms in total. The third-order valence-electron chi connectivity index (χ3n) is 5.03. The maximum absolute atomic E-state index is 12.7. The fourth-order valence-corrected chi connectivity index (χ4v) is 3.39. The minimum absolute atomic E-state index is 0.0969. The van der Waals surface area contributed by atoms with E-state index in [1.54, 1.807) is 18.2 Å². The summed E-state index contributed by atoms with van der Waals surface area (Å²) in [6.45, 7) is 3.84. The van der Waals surface area contributed by atoms with Crippen LogP contribution in [-0.4, -0.2) is 16.6 Å². The largest absolute Gasteiger partial charge is 0.436 e. The number of aromatic nitrogens is 1. The highest BCUT2D eigenvalue weighted by Gasteiger charge is 2.34. The molecule has 136 valence electrons. The summed E-state index contributed by atoms with van der Waals surface area (Å²) in [5.74, 6) is 0.252. The summed E-state index contributed by atoms with van der Waals surface area (Å²) >= 11 is 0. The van der Waals surface area contributed by atoms with E-state index < -0.39 is 0 Å². The number of nitrogens with zero attached hydrogens (tertiary/aromatic N) is 1. The molecule has 2 heterocycles. The number of benzene rings is 2. The molecule has 0 saturated carbocycles. The van der Waals surface area contributed by atoms with Crippen molar-refractivity contribution in [2.75, 3.05) is 0 Å². The smallest absolute Gasteiger partial charge is 0.266 e. The maximum atomic E-state index is 12.7. The Morgan fingerprint density at radius 1 is 0.857 bits per heavy atom. The average Bonchev–Trinajstić information content (AvgIpc) is 3.31. The Bertz CT molecular complexity index is 1230. The fraction of sp³-hybridized carbons (Fsp3) is 0.0870. The topological polar surface area (TPSA) is 73.3 Å². The summed E-state index contributed by atoms with van der Waals surface area (Å²) in [5.41, 5.74) is 4.58. The van der Waals surface area contributed by atoms with Gasteiger partial charge in [-0.1, -0.05) is 18.2 Å². The van der Waals surface area contributed by atoms with Crippen molar-refractivity contribution in [2.24, 2.45) is 0 Å². The van der Waals surface area contributed by atoms with Crippen LogP contribution in [0.3, 0.4) is 0 Å². The lowest BCUT2D eigenvalue weighted by Crippen LogP contribution is -1.99. The second kappa shape index (κ2) is 5.89. The zero-order valence-electron chi connectivity index (χ0n) is 15.3. The SMILES string of the molecule is Cc1cc2c(cc1C)C(=O)C(=Cc1cc3oc(-c4ccccc4)nc3o1)C2=O. The van der Waals surface area contributed by atoms with E-state index in [4.69, 9.17) is 8.83 Å². The molecule has 0 aliphatic heterocycles. The zero-order chi connectivity index (χ0) is 19.4. The Morgan fingerprint density at radius 2 is 1.50 bits per heavy atom. The number of aryl methyl sites for hydroxylation is 2. The molecular weight excluding hydrogens is 354 g/mol. The molecular formula is C23H15NO4. The fourth-order valence-electron chi connectivity index (χ4n) is 3.39. The molecule has 5 rings (SSSR count). The van der Waals surface area contributed by atoms with Gasteiger partial charge in [0.05, 0.1) is 5.57 Å². The van der Waals surface area contributed by atoms with Crippen molar-refractivity contribution < 1.29 is 18.4 Å². The van der Waals surface area contributed by atoms with Gasteiger partial charge in [-0.3, -0.25) is 9.59 Å². The van der Waals surface area contributed by atoms with E-state index in [-0.39, 0.29) is 17.1 Å². The summed E-state index contributed by atoms with van der Waals surface area (Å²) in [6.07, 6.45) is 1.47. The molecule has 0 atom stereocenters. The first-order valence-corrected chi connectivity index (χ1v) is 8.89. The van der Waals surface area contributed by atoms with E-state index in [0.717, 1.165) is 16.7 Å². The van der Waals surface area contributed by atoms with E-state index in [9.17, 15) is 9.59 Å². The molecule has 0 spiro atoms. The van der Waals surface area contributed by atoms with Crippen molar-refractivity contribution in [1.82, 2.24) is 4.98 Å². The normalized spacial score (nSPS) is 13.4. The molecule has 0 unspecified atom stereocenters. The molecule has 1 aliphatic carbocycles. The van der Waals surface area contributed by atoms with Crippen molar-refractivity contribution in [3.8, 4) is 11.5 Å². The number of furan rings is 1. The monoisotopic (exact) mass is 369 g/mol. The van der Waals surface area contributed by atoms with Gasteiger partial charge in [0, 0.05) is 22.8 Å². The van der Waals surface area contributed by atoms with Gasteiger partial charge in [0.2, 0.25) is 5.89 Å². The zero-order valence-corrected chi connectivity index (χ0v) is 15.3. The van der Waals surface area contributed by atoms with Crippen LogP contribution < -0.4 is 0 Å². The van der Waals surface area contributed by atoms with Crippen LogP contribution >= 0.6 is 0 Å². The van der Waals surface area contributed by atoms with Crippen LogP contribution in [-0.2, 0) is 0 Å². The molecule has 4 aromatic rings. The highest BCUT2D eigenvalue weighted by molar-refractivity contribution is 6.41. The first-order chi connectivity index (χ1) is 13.5. The summed E-state index contributed by atoms with van der Waals surface area (Å²) in [4.78, 5) is 29.7. The number of allylic oxidation sites excluding steroid dienone is 1. The van der Waals surface area contributed by atoms with Gasteiger partial charge in [-0.05, 0) is 55.3 Å². The average molecular weight is 369 g/mol. The van der Waals surface area contributed by atoms with Crippen LogP contribution in [0.1, 0.15) is 37.6 Å². The van der Waals surface area contributed by atoms with Gasteiger partial charge in [-0.15, -0.1) is 0 Å². The Hall–Kier alpha value is -3.73. The first-order valence-electron chi connectivity index (χ1n) is 8.89. The van der Waals surface area contributed by atoms with E-state index >= 15 is 0 Å². The molecule has 0 N–H and O–H groups in total. The maximum Gasteiger partial charge on any atom is 0.266 e. The molecule has 0 fully saturated rings. The first kappa shape index (κ1) is 16.4. The standard InChI is InChI=1S/C23H15NO4/c1-12-8-16-17(9-13(12)2)21(26)18(20(16)25)10-15-11-19-23(27-15)24-22(28-19)14-6-4-3-5-7-14/h3-11H,1-2H3. The van der Waals surface area contributed by atoms with Gasteiger partial charge in [-0.25, -0.2) is 0 Å². The second-order valence-corrected chi connectivity index (χ2v) is 6.90. The Morgan fingerprint density at radius 3 is 2.11 bits per heavy atom. The summed E-state index contributed by atoms with van der Waals surface area (Å²) in [5, 5.41) is 0. The van der Waals surface area contributed by atoms with Crippen molar-refractivity contribution in [1.29, 1.82) is 0 Å². The van der Waals surface area contributed by atoms with Crippen LogP contribution in [0.5, 0.6) is 0 Å². The Balaban J connectivity index is 1.53. The number of ketones is 2. The molecule has 0 amide bonds. The second-order valence-electron chi connectivity index (χ2n) is 6.90. The highest BCUT2D eigenvalue weighted by atomic mass is 16.4. The summed E-state index contributed by atoms with van der Waals surface area (Å²) in [7, 11) is 0. The minimum atomic E-state index is -0.283. The third kappa shape index (κ3) is 2.44.